The third-order valence-corrected chi connectivity index (χ3v) is 6.22. The van der Waals surface area contributed by atoms with E-state index in [1.54, 1.807) is 6.07 Å². The van der Waals surface area contributed by atoms with E-state index in [0.717, 1.165) is 53.8 Å². The van der Waals surface area contributed by atoms with E-state index in [4.69, 9.17) is 5.73 Å². The Bertz CT molecular complexity index is 1020. The van der Waals surface area contributed by atoms with Crippen molar-refractivity contribution in [3.05, 3.63) is 29.0 Å². The number of nitrogens with zero attached hydrogens (tertiary/aromatic N) is 1. The number of piperidine rings is 1. The molecule has 4 N–H and O–H groups in total. The van der Waals surface area contributed by atoms with Crippen LogP contribution >= 0.6 is 0 Å². The maximum Gasteiger partial charge on any atom is 0.295 e. The highest BCUT2D eigenvalue weighted by Gasteiger charge is 2.25. The zero-order valence-corrected chi connectivity index (χ0v) is 18.9. The number of aryl methyl sites for hydroxylation is 2. The molecule has 1 atom stereocenters. The minimum atomic E-state index is -1.57. The predicted molar refractivity (Wildman–Crippen MR) is 121 cm³/mol. The van der Waals surface area contributed by atoms with Crippen LogP contribution in [0.1, 0.15) is 34.5 Å². The number of H-pyrrole nitrogens is 1. The van der Waals surface area contributed by atoms with Crippen LogP contribution in [0.4, 0.5) is 5.69 Å². The first kappa shape index (κ1) is 21.0. The van der Waals surface area contributed by atoms with E-state index in [2.05, 4.69) is 53.2 Å². The number of nitrogens with one attached hydrogen (secondary N) is 2. The molecule has 1 saturated heterocycles. The van der Waals surface area contributed by atoms with E-state index in [1.165, 1.54) is 0 Å². The molecule has 29 heavy (non-hydrogen) atoms. The zero-order valence-electron chi connectivity index (χ0n) is 17.9. The predicted octanol–water partition coefficient (Wildman–Crippen LogP) is 2.85. The molecule has 1 aromatic heterocycles. The SMILES string of the molecule is Cc1[nH]c2c(C(N)=O)ccc(N3CCC[C@H](NC(=O)C#C[Si](C)(C)C)C3)c2c1C. The van der Waals surface area contributed by atoms with Crippen molar-refractivity contribution in [2.24, 2.45) is 5.73 Å². The van der Waals surface area contributed by atoms with Crippen molar-refractivity contribution in [2.45, 2.75) is 52.4 Å². The Balaban J connectivity index is 1.87. The number of carbonyl (C=O) groups excluding carboxylic acids is 2. The van der Waals surface area contributed by atoms with Crippen LogP contribution in [-0.4, -0.2) is 44.0 Å². The minimum absolute atomic E-state index is 0.0541. The normalized spacial score (nSPS) is 17.0. The van der Waals surface area contributed by atoms with Crippen LogP contribution in [0, 0.1) is 25.3 Å². The van der Waals surface area contributed by atoms with Crippen molar-refractivity contribution in [3.63, 3.8) is 0 Å². The summed E-state index contributed by atoms with van der Waals surface area (Å²) in [5.41, 5.74) is 13.2. The Morgan fingerprint density at radius 2 is 2.00 bits per heavy atom. The molecule has 0 bridgehead atoms. The number of hydrogen-bond donors (Lipinski definition) is 3. The van der Waals surface area contributed by atoms with Gasteiger partial charge in [-0.05, 0) is 50.3 Å². The average Bonchev–Trinajstić information content (AvgIpc) is 2.94. The fraction of sp³-hybridized carbons (Fsp3) is 0.455. The molecule has 1 aromatic carbocycles. The maximum absolute atomic E-state index is 12.3. The van der Waals surface area contributed by atoms with Crippen LogP contribution in [0.15, 0.2) is 12.1 Å². The summed E-state index contributed by atoms with van der Waals surface area (Å²) < 4.78 is 0. The van der Waals surface area contributed by atoms with Gasteiger partial charge in [-0.3, -0.25) is 9.59 Å². The van der Waals surface area contributed by atoms with Crippen LogP contribution < -0.4 is 16.0 Å². The number of rotatable bonds is 3. The summed E-state index contributed by atoms with van der Waals surface area (Å²) in [5, 5.41) is 4.11. The monoisotopic (exact) mass is 410 g/mol. The molecule has 0 saturated carbocycles. The van der Waals surface area contributed by atoms with Crippen molar-refractivity contribution in [2.75, 3.05) is 18.0 Å². The number of fused-ring (bicyclic) bond motifs is 1. The molecule has 1 aliphatic rings. The number of anilines is 1. The first-order valence-electron chi connectivity index (χ1n) is 10.1. The Morgan fingerprint density at radius 1 is 1.28 bits per heavy atom. The number of benzene rings is 1. The van der Waals surface area contributed by atoms with Crippen LogP contribution in [0.2, 0.25) is 19.6 Å². The number of carbonyl (C=O) groups is 2. The van der Waals surface area contributed by atoms with Gasteiger partial charge in [-0.2, -0.15) is 0 Å². The summed E-state index contributed by atoms with van der Waals surface area (Å²) in [7, 11) is -1.57. The quantitative estimate of drug-likeness (QED) is 0.537. The summed E-state index contributed by atoms with van der Waals surface area (Å²) in [6.45, 7) is 12.0. The lowest BCUT2D eigenvalue weighted by atomic mass is 10.0. The molecule has 154 valence electrons. The van der Waals surface area contributed by atoms with Gasteiger partial charge in [0.05, 0.1) is 11.1 Å². The van der Waals surface area contributed by atoms with E-state index >= 15 is 0 Å². The molecular weight excluding hydrogens is 380 g/mol. The molecular formula is C22H30N4O2Si. The van der Waals surface area contributed by atoms with Gasteiger partial charge in [-0.25, -0.2) is 0 Å². The van der Waals surface area contributed by atoms with Crippen LogP contribution in [0.5, 0.6) is 0 Å². The first-order chi connectivity index (χ1) is 13.6. The smallest absolute Gasteiger partial charge is 0.295 e. The molecule has 0 spiro atoms. The number of amides is 2. The summed E-state index contributed by atoms with van der Waals surface area (Å²) in [6.07, 6.45) is 1.92. The molecule has 7 heteroatoms. The average molecular weight is 411 g/mol. The largest absolute Gasteiger partial charge is 0.369 e. The lowest BCUT2D eigenvalue weighted by Crippen LogP contribution is -2.47. The third kappa shape index (κ3) is 4.65. The lowest BCUT2D eigenvalue weighted by molar-refractivity contribution is -0.116. The van der Waals surface area contributed by atoms with E-state index in [0.29, 0.717) is 5.56 Å². The van der Waals surface area contributed by atoms with Crippen molar-refractivity contribution in [3.8, 4) is 11.5 Å². The van der Waals surface area contributed by atoms with E-state index < -0.39 is 14.0 Å². The fourth-order valence-electron chi connectivity index (χ4n) is 3.82. The van der Waals surface area contributed by atoms with E-state index in [9.17, 15) is 9.59 Å². The summed E-state index contributed by atoms with van der Waals surface area (Å²) in [6, 6.07) is 3.81. The van der Waals surface area contributed by atoms with Gasteiger partial charge in [-0.15, -0.1) is 5.54 Å². The molecule has 1 fully saturated rings. The number of aromatic nitrogens is 1. The Labute approximate surface area is 173 Å². The second-order valence-electron chi connectivity index (χ2n) is 8.88. The lowest BCUT2D eigenvalue weighted by Gasteiger charge is -2.35. The minimum Gasteiger partial charge on any atom is -0.369 e. The van der Waals surface area contributed by atoms with Crippen molar-refractivity contribution in [1.29, 1.82) is 0 Å². The topological polar surface area (TPSA) is 91.2 Å². The summed E-state index contributed by atoms with van der Waals surface area (Å²) >= 11 is 0. The molecule has 0 aliphatic carbocycles. The molecule has 2 heterocycles. The zero-order chi connectivity index (χ0) is 21.3. The van der Waals surface area contributed by atoms with E-state index in [1.807, 2.05) is 13.0 Å². The van der Waals surface area contributed by atoms with Gasteiger partial charge in [0, 0.05) is 35.9 Å². The van der Waals surface area contributed by atoms with Crippen LogP contribution in [0.25, 0.3) is 10.9 Å². The Morgan fingerprint density at radius 3 is 2.66 bits per heavy atom. The number of aromatic amines is 1. The maximum atomic E-state index is 12.3. The second kappa shape index (κ2) is 7.95. The van der Waals surface area contributed by atoms with Gasteiger partial charge < -0.3 is 20.9 Å². The highest BCUT2D eigenvalue weighted by molar-refractivity contribution is 6.84. The Hall–Kier alpha value is -2.72. The standard InChI is InChI=1S/C22H30N4O2Si/c1-14-15(2)24-21-17(22(23)28)8-9-18(20(14)21)26-11-6-7-16(13-26)25-19(27)10-12-29(3,4)5/h8-9,16,24H,6-7,11,13H2,1-5H3,(H2,23,28)(H,25,27)/t16-/m0/s1. The molecule has 3 rings (SSSR count). The van der Waals surface area contributed by atoms with Gasteiger partial charge >= 0.3 is 0 Å². The Kier molecular flexibility index (Phi) is 5.76. The van der Waals surface area contributed by atoms with Gasteiger partial charge in [0.2, 0.25) is 0 Å². The third-order valence-electron chi connectivity index (χ3n) is 5.35. The molecule has 0 radical (unpaired) electrons. The van der Waals surface area contributed by atoms with Gasteiger partial charge in [-0.1, -0.05) is 19.6 Å². The van der Waals surface area contributed by atoms with Crippen LogP contribution in [-0.2, 0) is 4.79 Å². The number of primary amides is 1. The first-order valence-corrected chi connectivity index (χ1v) is 13.6. The second-order valence-corrected chi connectivity index (χ2v) is 13.6. The number of nitrogens with two attached hydrogens (primary N) is 1. The fourth-order valence-corrected chi connectivity index (χ4v) is 4.31. The van der Waals surface area contributed by atoms with Crippen molar-refractivity contribution in [1.82, 2.24) is 10.3 Å². The molecule has 2 amide bonds. The summed E-state index contributed by atoms with van der Waals surface area (Å²) in [5.74, 6) is 2.14. The van der Waals surface area contributed by atoms with Crippen LogP contribution in [0.3, 0.4) is 0 Å². The molecule has 1 aliphatic heterocycles. The molecule has 0 unspecified atom stereocenters. The molecule has 6 nitrogen and oxygen atoms in total. The molecule has 2 aromatic rings. The van der Waals surface area contributed by atoms with Crippen molar-refractivity contribution >= 4 is 36.5 Å². The van der Waals surface area contributed by atoms with Gasteiger partial charge in [0.25, 0.3) is 11.8 Å². The van der Waals surface area contributed by atoms with Crippen molar-refractivity contribution < 1.29 is 9.59 Å². The highest BCUT2D eigenvalue weighted by Crippen LogP contribution is 2.35. The van der Waals surface area contributed by atoms with Gasteiger partial charge in [0.1, 0.15) is 8.07 Å². The van der Waals surface area contributed by atoms with Gasteiger partial charge in [0.15, 0.2) is 0 Å². The highest BCUT2D eigenvalue weighted by atomic mass is 28.3. The van der Waals surface area contributed by atoms with E-state index in [-0.39, 0.29) is 11.9 Å². The summed E-state index contributed by atoms with van der Waals surface area (Å²) in [4.78, 5) is 29.7. The number of hydrogen-bond acceptors (Lipinski definition) is 3.